The van der Waals surface area contributed by atoms with Gasteiger partial charge in [-0.25, -0.2) is 4.79 Å². The van der Waals surface area contributed by atoms with E-state index in [2.05, 4.69) is 25.4 Å². The Bertz CT molecular complexity index is 580. The average molecular weight is 315 g/mol. The van der Waals surface area contributed by atoms with E-state index in [0.717, 1.165) is 0 Å². The van der Waals surface area contributed by atoms with Gasteiger partial charge in [0.1, 0.15) is 0 Å². The minimum absolute atomic E-state index is 0.0914. The van der Waals surface area contributed by atoms with Crippen molar-refractivity contribution in [1.82, 2.24) is 10.6 Å². The van der Waals surface area contributed by atoms with Crippen LogP contribution in [-0.4, -0.2) is 31.3 Å². The van der Waals surface area contributed by atoms with Crippen LogP contribution in [0.1, 0.15) is 13.3 Å². The van der Waals surface area contributed by atoms with E-state index in [1.165, 1.54) is 25.1 Å². The maximum absolute atomic E-state index is 12.9. The van der Waals surface area contributed by atoms with Gasteiger partial charge in [-0.05, 0) is 18.6 Å². The number of carbonyl (C=O) groups is 2. The van der Waals surface area contributed by atoms with Crippen molar-refractivity contribution in [2.75, 3.05) is 18.4 Å². The molecule has 3 N–H and O–H groups in total. The molecule has 9 heteroatoms. The highest BCUT2D eigenvalue weighted by Crippen LogP contribution is 2.42. The zero-order chi connectivity index (χ0) is 16.2. The summed E-state index contributed by atoms with van der Waals surface area (Å²) in [4.78, 5) is 22.2. The number of alkyl halides is 2. The van der Waals surface area contributed by atoms with E-state index in [4.69, 9.17) is 0 Å². The monoisotopic (exact) mass is 315 g/mol. The van der Waals surface area contributed by atoms with Gasteiger partial charge in [0, 0.05) is 31.8 Å². The van der Waals surface area contributed by atoms with Gasteiger partial charge in [-0.2, -0.15) is 0 Å². The quantitative estimate of drug-likeness (QED) is 0.721. The molecule has 0 aliphatic carbocycles. The molecule has 1 aromatic rings. The first-order valence-corrected chi connectivity index (χ1v) is 6.55. The topological polar surface area (TPSA) is 88.7 Å². The van der Waals surface area contributed by atoms with Crippen LogP contribution in [0.2, 0.25) is 0 Å². The number of hydrogen-bond donors (Lipinski definition) is 3. The van der Waals surface area contributed by atoms with Crippen molar-refractivity contribution in [1.29, 1.82) is 0 Å². The highest BCUT2D eigenvalue weighted by Gasteiger charge is 2.43. The van der Waals surface area contributed by atoms with Gasteiger partial charge in [0.15, 0.2) is 11.5 Å². The molecule has 0 spiro atoms. The molecule has 0 radical (unpaired) electrons. The number of fused-ring (bicyclic) bond motifs is 1. The number of hydrogen-bond acceptors (Lipinski definition) is 4. The maximum atomic E-state index is 12.9. The second-order valence-electron chi connectivity index (χ2n) is 4.55. The fourth-order valence-corrected chi connectivity index (χ4v) is 1.76. The highest BCUT2D eigenvalue weighted by atomic mass is 19.3. The maximum Gasteiger partial charge on any atom is 0.586 e. The van der Waals surface area contributed by atoms with Crippen LogP contribution in [0.4, 0.5) is 19.3 Å². The third-order valence-corrected chi connectivity index (χ3v) is 2.67. The first-order valence-electron chi connectivity index (χ1n) is 6.55. The first kappa shape index (κ1) is 15.8. The van der Waals surface area contributed by atoms with E-state index in [-0.39, 0.29) is 17.4 Å². The van der Waals surface area contributed by atoms with Crippen LogP contribution >= 0.6 is 0 Å². The molecule has 1 aliphatic rings. The van der Waals surface area contributed by atoms with Crippen molar-refractivity contribution in [3.05, 3.63) is 18.2 Å². The van der Waals surface area contributed by atoms with Gasteiger partial charge in [0.05, 0.1) is 0 Å². The van der Waals surface area contributed by atoms with Crippen LogP contribution in [0, 0.1) is 0 Å². The van der Waals surface area contributed by atoms with E-state index in [0.29, 0.717) is 25.2 Å². The number of ether oxygens (including phenoxy) is 2. The van der Waals surface area contributed by atoms with Gasteiger partial charge in [-0.1, -0.05) is 0 Å². The molecule has 0 aromatic heterocycles. The van der Waals surface area contributed by atoms with Crippen LogP contribution in [0.15, 0.2) is 18.2 Å². The van der Waals surface area contributed by atoms with Gasteiger partial charge >= 0.3 is 12.3 Å². The van der Waals surface area contributed by atoms with Crippen molar-refractivity contribution < 1.29 is 27.8 Å². The number of carbonyl (C=O) groups excluding carboxylic acids is 2. The summed E-state index contributed by atoms with van der Waals surface area (Å²) in [5, 5.41) is 7.64. The molecule has 22 heavy (non-hydrogen) atoms. The number of halogens is 2. The third-order valence-electron chi connectivity index (χ3n) is 2.67. The summed E-state index contributed by atoms with van der Waals surface area (Å²) in [7, 11) is 0. The zero-order valence-electron chi connectivity index (χ0n) is 11.7. The molecule has 0 saturated carbocycles. The number of amides is 3. The standard InChI is InChI=1S/C13H15F2N3O4/c1-8(19)16-5-2-6-17-12(20)18-9-3-4-10-11(7-9)22-13(14,15)21-10/h3-4,7H,2,5-6H2,1H3,(H,16,19)(H2,17,18,20). The summed E-state index contributed by atoms with van der Waals surface area (Å²) < 4.78 is 34.2. The van der Waals surface area contributed by atoms with Crippen LogP contribution in [0.25, 0.3) is 0 Å². The highest BCUT2D eigenvalue weighted by molar-refractivity contribution is 5.89. The molecule has 1 heterocycles. The fourth-order valence-electron chi connectivity index (χ4n) is 1.76. The summed E-state index contributed by atoms with van der Waals surface area (Å²) in [5.74, 6) is -0.374. The number of anilines is 1. The normalized spacial score (nSPS) is 14.3. The van der Waals surface area contributed by atoms with Crippen LogP contribution in [-0.2, 0) is 4.79 Å². The minimum atomic E-state index is -3.69. The van der Waals surface area contributed by atoms with Crippen molar-refractivity contribution in [3.8, 4) is 11.5 Å². The number of benzene rings is 1. The minimum Gasteiger partial charge on any atom is -0.395 e. The molecule has 120 valence electrons. The Labute approximate surface area is 125 Å². The summed E-state index contributed by atoms with van der Waals surface area (Å²) in [5.41, 5.74) is 0.291. The number of rotatable bonds is 5. The Morgan fingerprint density at radius 2 is 1.82 bits per heavy atom. The largest absolute Gasteiger partial charge is 0.586 e. The summed E-state index contributed by atoms with van der Waals surface area (Å²) in [6, 6.07) is 3.45. The lowest BCUT2D eigenvalue weighted by Gasteiger charge is -2.08. The van der Waals surface area contributed by atoms with Gasteiger partial charge in [0.2, 0.25) is 5.91 Å². The SMILES string of the molecule is CC(=O)NCCCNC(=O)Nc1ccc2c(c1)OC(F)(F)O2. The number of nitrogens with one attached hydrogen (secondary N) is 3. The van der Waals surface area contributed by atoms with Crippen molar-refractivity contribution >= 4 is 17.6 Å². The number of urea groups is 1. The van der Waals surface area contributed by atoms with E-state index in [1.807, 2.05) is 0 Å². The predicted octanol–water partition coefficient (Wildman–Crippen LogP) is 1.66. The Morgan fingerprint density at radius 3 is 2.55 bits per heavy atom. The second kappa shape index (κ2) is 6.46. The van der Waals surface area contributed by atoms with Gasteiger partial charge in [0.25, 0.3) is 0 Å². The van der Waals surface area contributed by atoms with Crippen LogP contribution in [0.3, 0.4) is 0 Å². The molecule has 0 bridgehead atoms. The molecule has 0 unspecified atom stereocenters. The second-order valence-corrected chi connectivity index (χ2v) is 4.55. The smallest absolute Gasteiger partial charge is 0.395 e. The molecule has 1 aromatic carbocycles. The zero-order valence-corrected chi connectivity index (χ0v) is 11.7. The van der Waals surface area contributed by atoms with Crippen molar-refractivity contribution in [2.24, 2.45) is 0 Å². The summed E-state index contributed by atoms with van der Waals surface area (Å²) in [6.07, 6.45) is -3.12. The Morgan fingerprint density at radius 1 is 1.14 bits per heavy atom. The Balaban J connectivity index is 1.77. The van der Waals surface area contributed by atoms with Crippen LogP contribution in [0.5, 0.6) is 11.5 Å². The van der Waals surface area contributed by atoms with Crippen molar-refractivity contribution in [3.63, 3.8) is 0 Å². The lowest BCUT2D eigenvalue weighted by molar-refractivity contribution is -0.286. The van der Waals surface area contributed by atoms with Crippen LogP contribution < -0.4 is 25.4 Å². The average Bonchev–Trinajstić information content (AvgIpc) is 2.71. The molecule has 3 amide bonds. The summed E-state index contributed by atoms with van der Waals surface area (Å²) in [6.45, 7) is 2.22. The van der Waals surface area contributed by atoms with E-state index < -0.39 is 12.3 Å². The summed E-state index contributed by atoms with van der Waals surface area (Å²) >= 11 is 0. The van der Waals surface area contributed by atoms with Gasteiger partial charge in [-0.3, -0.25) is 4.79 Å². The molecule has 7 nitrogen and oxygen atoms in total. The molecular formula is C13H15F2N3O4. The van der Waals surface area contributed by atoms with Gasteiger partial charge in [-0.15, -0.1) is 8.78 Å². The molecule has 0 saturated heterocycles. The van der Waals surface area contributed by atoms with Gasteiger partial charge < -0.3 is 25.4 Å². The van der Waals surface area contributed by atoms with E-state index in [1.54, 1.807) is 0 Å². The van der Waals surface area contributed by atoms with E-state index >= 15 is 0 Å². The third kappa shape index (κ3) is 4.47. The molecular weight excluding hydrogens is 300 g/mol. The molecule has 0 fully saturated rings. The first-order chi connectivity index (χ1) is 10.4. The molecule has 1 aliphatic heterocycles. The Kier molecular flexibility index (Phi) is 4.64. The van der Waals surface area contributed by atoms with Crippen molar-refractivity contribution in [2.45, 2.75) is 19.6 Å². The predicted molar refractivity (Wildman–Crippen MR) is 73.0 cm³/mol. The van der Waals surface area contributed by atoms with E-state index in [9.17, 15) is 18.4 Å². The fraction of sp³-hybridized carbons (Fsp3) is 0.385. The molecule has 0 atom stereocenters. The lowest BCUT2D eigenvalue weighted by atomic mass is 10.3. The Hall–Kier alpha value is -2.58. The molecule has 2 rings (SSSR count). The lowest BCUT2D eigenvalue weighted by Crippen LogP contribution is -2.31.